The van der Waals surface area contributed by atoms with Crippen molar-refractivity contribution >= 4 is 11.6 Å². The van der Waals surface area contributed by atoms with Crippen LogP contribution in [0.5, 0.6) is 5.75 Å². The number of rotatable bonds is 4. The maximum absolute atomic E-state index is 12.5. The average molecular weight is 371 g/mol. The molecule has 3 aromatic heterocycles. The number of imidazole rings is 1. The van der Waals surface area contributed by atoms with Crippen molar-refractivity contribution in [2.24, 2.45) is 0 Å². The molecule has 28 heavy (non-hydrogen) atoms. The van der Waals surface area contributed by atoms with Crippen LogP contribution in [0.4, 0.5) is 0 Å². The van der Waals surface area contributed by atoms with Gasteiger partial charge in [-0.15, -0.1) is 0 Å². The van der Waals surface area contributed by atoms with Crippen LogP contribution in [0, 0.1) is 0 Å². The Hall–Kier alpha value is -3.74. The summed E-state index contributed by atoms with van der Waals surface area (Å²) in [4.78, 5) is 25.0. The van der Waals surface area contributed by atoms with E-state index in [0.29, 0.717) is 12.2 Å². The number of nitrogens with zero attached hydrogens (tertiary/aromatic N) is 4. The van der Waals surface area contributed by atoms with Gasteiger partial charge in [0, 0.05) is 42.3 Å². The quantitative estimate of drug-likeness (QED) is 0.596. The Balaban J connectivity index is 1.29. The molecule has 7 heteroatoms. The molecule has 1 aliphatic heterocycles. The van der Waals surface area contributed by atoms with E-state index < -0.39 is 0 Å². The fourth-order valence-corrected chi connectivity index (χ4v) is 3.46. The van der Waals surface area contributed by atoms with Crippen molar-refractivity contribution in [3.63, 3.8) is 0 Å². The minimum Gasteiger partial charge on any atom is -0.487 e. The largest absolute Gasteiger partial charge is 0.487 e. The molecule has 138 valence electrons. The number of benzene rings is 1. The van der Waals surface area contributed by atoms with Crippen molar-refractivity contribution in [3.05, 3.63) is 78.8 Å². The third kappa shape index (κ3) is 2.96. The highest BCUT2D eigenvalue weighted by molar-refractivity contribution is 5.92. The van der Waals surface area contributed by atoms with Crippen LogP contribution in [-0.4, -0.2) is 37.9 Å². The number of carbonyl (C=O) groups excluding carboxylic acids is 1. The Labute approximate surface area is 161 Å². The number of ether oxygens (including phenoxy) is 1. The Morgan fingerprint density at radius 2 is 2.07 bits per heavy atom. The van der Waals surface area contributed by atoms with Gasteiger partial charge in [-0.25, -0.2) is 15.0 Å². The van der Waals surface area contributed by atoms with Gasteiger partial charge >= 0.3 is 0 Å². The van der Waals surface area contributed by atoms with E-state index in [1.54, 1.807) is 18.6 Å². The number of hydrogen-bond donors (Lipinski definition) is 1. The zero-order valence-electron chi connectivity index (χ0n) is 14.9. The van der Waals surface area contributed by atoms with Crippen molar-refractivity contribution in [3.8, 4) is 16.9 Å². The van der Waals surface area contributed by atoms with Crippen LogP contribution < -0.4 is 10.1 Å². The molecule has 7 nitrogen and oxygen atoms in total. The van der Waals surface area contributed by atoms with E-state index in [9.17, 15) is 4.79 Å². The molecule has 1 amide bonds. The first-order chi connectivity index (χ1) is 13.8. The van der Waals surface area contributed by atoms with Gasteiger partial charge in [0.2, 0.25) is 0 Å². The molecule has 5 rings (SSSR count). The molecule has 0 saturated heterocycles. The second kappa shape index (κ2) is 6.77. The van der Waals surface area contributed by atoms with Crippen molar-refractivity contribution in [1.82, 2.24) is 24.7 Å². The molecule has 1 atom stereocenters. The average Bonchev–Trinajstić information content (AvgIpc) is 3.36. The molecular weight excluding hydrogens is 354 g/mol. The number of carbonyl (C=O) groups is 1. The fraction of sp³-hybridized carbons (Fsp3) is 0.143. The second-order valence-corrected chi connectivity index (χ2v) is 6.67. The number of para-hydroxylation sites is 1. The third-order valence-electron chi connectivity index (χ3n) is 4.79. The maximum atomic E-state index is 12.5. The first kappa shape index (κ1) is 16.4. The maximum Gasteiger partial charge on any atom is 0.271 e. The van der Waals surface area contributed by atoms with Crippen molar-refractivity contribution in [1.29, 1.82) is 0 Å². The molecule has 4 heterocycles. The van der Waals surface area contributed by atoms with Gasteiger partial charge in [-0.2, -0.15) is 0 Å². The molecule has 0 bridgehead atoms. The van der Waals surface area contributed by atoms with E-state index in [2.05, 4.69) is 20.3 Å². The molecule has 1 aliphatic rings. The highest BCUT2D eigenvalue weighted by atomic mass is 16.5. The fourth-order valence-electron chi connectivity index (χ4n) is 3.46. The van der Waals surface area contributed by atoms with E-state index in [-0.39, 0.29) is 12.0 Å². The number of amides is 1. The van der Waals surface area contributed by atoms with Gasteiger partial charge in [-0.05, 0) is 17.7 Å². The van der Waals surface area contributed by atoms with Crippen LogP contribution in [0.2, 0.25) is 0 Å². The summed E-state index contributed by atoms with van der Waals surface area (Å²) >= 11 is 0. The first-order valence-electron chi connectivity index (χ1n) is 9.04. The van der Waals surface area contributed by atoms with Gasteiger partial charge in [-0.3, -0.25) is 4.79 Å². The summed E-state index contributed by atoms with van der Waals surface area (Å²) in [5.74, 6) is 0.629. The predicted molar refractivity (Wildman–Crippen MR) is 103 cm³/mol. The summed E-state index contributed by atoms with van der Waals surface area (Å²) in [6, 6.07) is 11.7. The Morgan fingerprint density at radius 1 is 1.18 bits per heavy atom. The van der Waals surface area contributed by atoms with E-state index >= 15 is 0 Å². The second-order valence-electron chi connectivity index (χ2n) is 6.67. The third-order valence-corrected chi connectivity index (χ3v) is 4.79. The van der Waals surface area contributed by atoms with Gasteiger partial charge in [0.1, 0.15) is 29.5 Å². The lowest BCUT2D eigenvalue weighted by molar-refractivity contribution is 0.0929. The standard InChI is InChI=1S/C21H17N5O2/c27-21(18-12-26-7-2-1-6-19(26)25-18)24-11-16-8-14-4-3-5-17(20(14)28-16)15-9-22-13-23-10-15/h1-7,9-10,12-13,16H,8,11H2,(H,24,27)/t16-/m0/s1. The SMILES string of the molecule is O=C(NC[C@@H]1Cc2cccc(-c3cncnc3)c2O1)c1cn2ccccc2n1. The molecule has 0 unspecified atom stereocenters. The summed E-state index contributed by atoms with van der Waals surface area (Å²) in [5, 5.41) is 2.93. The van der Waals surface area contributed by atoms with E-state index in [4.69, 9.17) is 4.74 Å². The topological polar surface area (TPSA) is 81.4 Å². The predicted octanol–water partition coefficient (Wildman–Crippen LogP) is 2.52. The molecule has 0 aliphatic carbocycles. The Bertz CT molecular complexity index is 1120. The van der Waals surface area contributed by atoms with E-state index in [1.165, 1.54) is 6.33 Å². The summed E-state index contributed by atoms with van der Waals surface area (Å²) < 4.78 is 7.97. The summed E-state index contributed by atoms with van der Waals surface area (Å²) in [7, 11) is 0. The van der Waals surface area contributed by atoms with Gasteiger partial charge in [0.15, 0.2) is 0 Å². The number of nitrogens with one attached hydrogen (secondary N) is 1. The minimum absolute atomic E-state index is 0.123. The summed E-state index contributed by atoms with van der Waals surface area (Å²) in [6.07, 6.45) is 9.25. The van der Waals surface area contributed by atoms with E-state index in [0.717, 1.165) is 34.5 Å². The van der Waals surface area contributed by atoms with Crippen molar-refractivity contribution in [2.45, 2.75) is 12.5 Å². The lowest BCUT2D eigenvalue weighted by Crippen LogP contribution is -2.34. The molecule has 0 spiro atoms. The van der Waals surface area contributed by atoms with Gasteiger partial charge in [0.25, 0.3) is 5.91 Å². The summed E-state index contributed by atoms with van der Waals surface area (Å²) in [6.45, 7) is 0.409. The Morgan fingerprint density at radius 3 is 2.93 bits per heavy atom. The monoisotopic (exact) mass is 371 g/mol. The van der Waals surface area contributed by atoms with Crippen LogP contribution in [-0.2, 0) is 6.42 Å². The lowest BCUT2D eigenvalue weighted by atomic mass is 10.0. The number of fused-ring (bicyclic) bond motifs is 2. The molecule has 1 N–H and O–H groups in total. The molecule has 0 saturated carbocycles. The van der Waals surface area contributed by atoms with Gasteiger partial charge < -0.3 is 14.5 Å². The zero-order chi connectivity index (χ0) is 18.9. The molecule has 4 aromatic rings. The van der Waals surface area contributed by atoms with Gasteiger partial charge in [-0.1, -0.05) is 24.3 Å². The molecule has 0 radical (unpaired) electrons. The van der Waals surface area contributed by atoms with Crippen LogP contribution in [0.25, 0.3) is 16.8 Å². The molecular formula is C21H17N5O2. The highest BCUT2D eigenvalue weighted by Gasteiger charge is 2.26. The van der Waals surface area contributed by atoms with Crippen molar-refractivity contribution < 1.29 is 9.53 Å². The smallest absolute Gasteiger partial charge is 0.271 e. The van der Waals surface area contributed by atoms with Crippen molar-refractivity contribution in [2.75, 3.05) is 6.54 Å². The van der Waals surface area contributed by atoms with Crippen LogP contribution >= 0.6 is 0 Å². The lowest BCUT2D eigenvalue weighted by Gasteiger charge is -2.13. The molecule has 1 aromatic carbocycles. The van der Waals surface area contributed by atoms with Crippen LogP contribution in [0.15, 0.2) is 67.5 Å². The van der Waals surface area contributed by atoms with Crippen LogP contribution in [0.1, 0.15) is 16.1 Å². The normalized spacial score (nSPS) is 15.2. The van der Waals surface area contributed by atoms with E-state index in [1.807, 2.05) is 47.0 Å². The van der Waals surface area contributed by atoms with Crippen LogP contribution in [0.3, 0.4) is 0 Å². The highest BCUT2D eigenvalue weighted by Crippen LogP contribution is 2.38. The zero-order valence-corrected chi connectivity index (χ0v) is 14.9. The Kier molecular flexibility index (Phi) is 3.97. The first-order valence-corrected chi connectivity index (χ1v) is 9.04. The summed E-state index contributed by atoms with van der Waals surface area (Å²) in [5.41, 5.74) is 4.13. The van der Waals surface area contributed by atoms with Gasteiger partial charge in [0.05, 0.1) is 6.54 Å². The number of hydrogen-bond acceptors (Lipinski definition) is 5. The number of aromatic nitrogens is 4. The minimum atomic E-state index is -0.208. The number of pyridine rings is 1. The molecule has 0 fully saturated rings.